The zero-order valence-corrected chi connectivity index (χ0v) is 12.5. The highest BCUT2D eigenvalue weighted by Crippen LogP contribution is 2.14. The molecular formula is C14H23N5. The predicted octanol–water partition coefficient (Wildman–Crippen LogP) is 2.18. The molecule has 2 heterocycles. The van der Waals surface area contributed by atoms with E-state index in [1.54, 1.807) is 0 Å². The van der Waals surface area contributed by atoms with Gasteiger partial charge in [-0.25, -0.2) is 0 Å². The molecule has 104 valence electrons. The molecule has 1 N–H and O–H groups in total. The van der Waals surface area contributed by atoms with E-state index in [9.17, 15) is 0 Å². The summed E-state index contributed by atoms with van der Waals surface area (Å²) in [6, 6.07) is 2.16. The van der Waals surface area contributed by atoms with Crippen LogP contribution in [0, 0.1) is 20.8 Å². The average molecular weight is 261 g/mol. The molecule has 0 amide bonds. The zero-order valence-electron chi connectivity index (χ0n) is 12.5. The Kier molecular flexibility index (Phi) is 4.04. The fraction of sp³-hybridized carbons (Fsp3) is 0.571. The Morgan fingerprint density at radius 2 is 2.00 bits per heavy atom. The summed E-state index contributed by atoms with van der Waals surface area (Å²) in [6.45, 7) is 11.0. The third-order valence-corrected chi connectivity index (χ3v) is 3.43. The standard InChI is InChI=1S/C14H23N5/c1-6-19-13(7-10(2)17-19)8-18(5)9-14-11(3)15-16-12(14)4/h7H,6,8-9H2,1-5H3,(H,15,16). The highest BCUT2D eigenvalue weighted by molar-refractivity contribution is 5.23. The van der Waals surface area contributed by atoms with Crippen LogP contribution >= 0.6 is 0 Å². The molecule has 0 bridgehead atoms. The van der Waals surface area contributed by atoms with Crippen LogP contribution in [0.25, 0.3) is 0 Å². The molecule has 0 saturated heterocycles. The van der Waals surface area contributed by atoms with Crippen LogP contribution in [-0.2, 0) is 19.6 Å². The van der Waals surface area contributed by atoms with Crippen LogP contribution < -0.4 is 0 Å². The molecule has 19 heavy (non-hydrogen) atoms. The van der Waals surface area contributed by atoms with Crippen molar-refractivity contribution >= 4 is 0 Å². The molecule has 0 aromatic carbocycles. The van der Waals surface area contributed by atoms with Gasteiger partial charge in [0.15, 0.2) is 0 Å². The lowest BCUT2D eigenvalue weighted by Gasteiger charge is -2.17. The summed E-state index contributed by atoms with van der Waals surface area (Å²) in [7, 11) is 2.13. The van der Waals surface area contributed by atoms with E-state index >= 15 is 0 Å². The van der Waals surface area contributed by atoms with Crippen LogP contribution in [0.3, 0.4) is 0 Å². The Hall–Kier alpha value is -1.62. The van der Waals surface area contributed by atoms with Gasteiger partial charge in [-0.3, -0.25) is 14.7 Å². The van der Waals surface area contributed by atoms with Crippen molar-refractivity contribution in [3.63, 3.8) is 0 Å². The highest BCUT2D eigenvalue weighted by Gasteiger charge is 2.12. The molecule has 5 nitrogen and oxygen atoms in total. The van der Waals surface area contributed by atoms with Crippen LogP contribution in [0.4, 0.5) is 0 Å². The van der Waals surface area contributed by atoms with E-state index in [2.05, 4.69) is 51.8 Å². The lowest BCUT2D eigenvalue weighted by Crippen LogP contribution is -2.20. The van der Waals surface area contributed by atoms with Crippen molar-refractivity contribution in [3.05, 3.63) is 34.4 Å². The van der Waals surface area contributed by atoms with Crippen molar-refractivity contribution in [1.29, 1.82) is 0 Å². The second kappa shape index (κ2) is 5.57. The van der Waals surface area contributed by atoms with Gasteiger partial charge >= 0.3 is 0 Å². The summed E-state index contributed by atoms with van der Waals surface area (Å²) in [4.78, 5) is 2.30. The molecular weight excluding hydrogens is 238 g/mol. The van der Waals surface area contributed by atoms with Crippen LogP contribution in [0.1, 0.15) is 35.3 Å². The van der Waals surface area contributed by atoms with Crippen molar-refractivity contribution in [3.8, 4) is 0 Å². The van der Waals surface area contributed by atoms with Gasteiger partial charge in [0.1, 0.15) is 0 Å². The molecule has 0 spiro atoms. The van der Waals surface area contributed by atoms with Crippen molar-refractivity contribution in [1.82, 2.24) is 24.9 Å². The van der Waals surface area contributed by atoms with Gasteiger partial charge in [0.25, 0.3) is 0 Å². The first kappa shape index (κ1) is 13.8. The molecule has 2 rings (SSSR count). The minimum atomic E-state index is 0.902. The van der Waals surface area contributed by atoms with Crippen molar-refractivity contribution in [2.75, 3.05) is 7.05 Å². The lowest BCUT2D eigenvalue weighted by atomic mass is 10.2. The monoisotopic (exact) mass is 261 g/mol. The minimum absolute atomic E-state index is 0.902. The Balaban J connectivity index is 2.07. The number of aromatic amines is 1. The molecule has 0 atom stereocenters. The second-order valence-electron chi connectivity index (χ2n) is 5.18. The first-order valence-electron chi connectivity index (χ1n) is 6.73. The number of aromatic nitrogens is 4. The topological polar surface area (TPSA) is 49.7 Å². The van der Waals surface area contributed by atoms with Gasteiger partial charge in [-0.2, -0.15) is 10.2 Å². The Morgan fingerprint density at radius 1 is 1.26 bits per heavy atom. The molecule has 0 radical (unpaired) electrons. The summed E-state index contributed by atoms with van der Waals surface area (Å²) in [5.41, 5.74) is 5.89. The number of nitrogens with zero attached hydrogens (tertiary/aromatic N) is 4. The van der Waals surface area contributed by atoms with Gasteiger partial charge < -0.3 is 0 Å². The normalized spacial score (nSPS) is 11.5. The van der Waals surface area contributed by atoms with Crippen LogP contribution in [0.15, 0.2) is 6.07 Å². The van der Waals surface area contributed by atoms with Gasteiger partial charge in [-0.1, -0.05) is 0 Å². The molecule has 0 fully saturated rings. The molecule has 2 aromatic rings. The van der Waals surface area contributed by atoms with Crippen molar-refractivity contribution in [2.45, 2.75) is 47.3 Å². The SMILES string of the molecule is CCn1nc(C)cc1CN(C)Cc1c(C)n[nH]c1C. The number of hydrogen-bond donors (Lipinski definition) is 1. The maximum atomic E-state index is 4.49. The lowest BCUT2D eigenvalue weighted by molar-refractivity contribution is 0.306. The Morgan fingerprint density at radius 3 is 2.58 bits per heavy atom. The summed E-state index contributed by atoms with van der Waals surface area (Å²) >= 11 is 0. The van der Waals surface area contributed by atoms with Crippen LogP contribution in [-0.4, -0.2) is 31.9 Å². The van der Waals surface area contributed by atoms with Gasteiger partial charge in [0.2, 0.25) is 0 Å². The smallest absolute Gasteiger partial charge is 0.0639 e. The third-order valence-electron chi connectivity index (χ3n) is 3.43. The van der Waals surface area contributed by atoms with E-state index in [1.165, 1.54) is 11.3 Å². The Labute approximate surface area is 114 Å². The van der Waals surface area contributed by atoms with Gasteiger partial charge in [0.05, 0.1) is 17.1 Å². The zero-order chi connectivity index (χ0) is 14.0. The quantitative estimate of drug-likeness (QED) is 0.897. The first-order valence-corrected chi connectivity index (χ1v) is 6.73. The summed E-state index contributed by atoms with van der Waals surface area (Å²) < 4.78 is 2.07. The predicted molar refractivity (Wildman–Crippen MR) is 75.9 cm³/mol. The molecule has 0 aliphatic carbocycles. The van der Waals surface area contributed by atoms with Gasteiger partial charge in [-0.15, -0.1) is 0 Å². The van der Waals surface area contributed by atoms with E-state index < -0.39 is 0 Å². The third kappa shape index (κ3) is 3.04. The molecule has 0 saturated carbocycles. The molecule has 0 aliphatic heterocycles. The second-order valence-corrected chi connectivity index (χ2v) is 5.18. The summed E-state index contributed by atoms with van der Waals surface area (Å²) in [5, 5.41) is 11.8. The minimum Gasteiger partial charge on any atom is -0.296 e. The van der Waals surface area contributed by atoms with Crippen molar-refractivity contribution in [2.24, 2.45) is 0 Å². The number of H-pyrrole nitrogens is 1. The van der Waals surface area contributed by atoms with E-state index in [0.29, 0.717) is 0 Å². The molecule has 5 heteroatoms. The number of nitrogens with one attached hydrogen (secondary N) is 1. The van der Waals surface area contributed by atoms with E-state index in [4.69, 9.17) is 0 Å². The first-order chi connectivity index (χ1) is 9.01. The average Bonchev–Trinajstić information content (AvgIpc) is 2.86. The van der Waals surface area contributed by atoms with Gasteiger partial charge in [0, 0.05) is 30.9 Å². The van der Waals surface area contributed by atoms with E-state index in [-0.39, 0.29) is 0 Å². The fourth-order valence-electron chi connectivity index (χ4n) is 2.41. The highest BCUT2D eigenvalue weighted by atomic mass is 15.3. The molecule has 0 unspecified atom stereocenters. The summed E-state index contributed by atoms with van der Waals surface area (Å²) in [5.74, 6) is 0. The van der Waals surface area contributed by atoms with Crippen LogP contribution in [0.2, 0.25) is 0 Å². The number of rotatable bonds is 5. The molecule has 0 aliphatic rings. The number of hydrogen-bond acceptors (Lipinski definition) is 3. The van der Waals surface area contributed by atoms with Crippen LogP contribution in [0.5, 0.6) is 0 Å². The Bertz CT molecular complexity index is 533. The van der Waals surface area contributed by atoms with E-state index in [1.807, 2.05) is 13.8 Å². The fourth-order valence-corrected chi connectivity index (χ4v) is 2.41. The maximum Gasteiger partial charge on any atom is 0.0639 e. The van der Waals surface area contributed by atoms with Gasteiger partial charge in [-0.05, 0) is 40.8 Å². The number of aryl methyl sites for hydroxylation is 4. The van der Waals surface area contributed by atoms with Crippen molar-refractivity contribution < 1.29 is 0 Å². The molecule has 2 aromatic heterocycles. The largest absolute Gasteiger partial charge is 0.296 e. The summed E-state index contributed by atoms with van der Waals surface area (Å²) in [6.07, 6.45) is 0. The maximum absolute atomic E-state index is 4.49. The van der Waals surface area contributed by atoms with E-state index in [0.717, 1.165) is 36.7 Å².